The summed E-state index contributed by atoms with van der Waals surface area (Å²) in [5.41, 5.74) is 2.97. The fourth-order valence-corrected chi connectivity index (χ4v) is 3.61. The summed E-state index contributed by atoms with van der Waals surface area (Å²) >= 11 is 1.35. The van der Waals surface area contributed by atoms with E-state index in [-0.39, 0.29) is 11.7 Å². The zero-order valence-corrected chi connectivity index (χ0v) is 17.4. The number of hydrogen-bond donors (Lipinski definition) is 1. The smallest absolute Gasteiger partial charge is 0.234 e. The van der Waals surface area contributed by atoms with E-state index in [0.717, 1.165) is 17.7 Å². The molecular formula is C22H25N5OS. The van der Waals surface area contributed by atoms with Gasteiger partial charge in [-0.2, -0.15) is 0 Å². The average Bonchev–Trinajstić information content (AvgIpc) is 3.15. The van der Waals surface area contributed by atoms with Crippen molar-refractivity contribution < 1.29 is 4.79 Å². The van der Waals surface area contributed by atoms with Gasteiger partial charge >= 0.3 is 0 Å². The third kappa shape index (κ3) is 5.77. The first kappa shape index (κ1) is 20.8. The normalized spacial score (nSPS) is 10.7. The molecule has 150 valence electrons. The van der Waals surface area contributed by atoms with E-state index in [1.165, 1.54) is 30.2 Å². The Balaban J connectivity index is 1.61. The molecule has 0 aliphatic rings. The van der Waals surface area contributed by atoms with Crippen LogP contribution in [0.25, 0.3) is 11.4 Å². The third-order valence-electron chi connectivity index (χ3n) is 4.34. The van der Waals surface area contributed by atoms with Crippen molar-refractivity contribution in [1.82, 2.24) is 19.7 Å². The second-order valence-electron chi connectivity index (χ2n) is 6.58. The van der Waals surface area contributed by atoms with Crippen LogP contribution in [0.3, 0.4) is 0 Å². The van der Waals surface area contributed by atoms with E-state index in [2.05, 4.69) is 46.1 Å². The number of anilines is 1. The average molecular weight is 408 g/mol. The van der Waals surface area contributed by atoms with Crippen LogP contribution in [0.15, 0.2) is 66.6 Å². The summed E-state index contributed by atoms with van der Waals surface area (Å²) in [6.07, 6.45) is 8.67. The minimum atomic E-state index is -0.0765. The fourth-order valence-electron chi connectivity index (χ4n) is 2.86. The summed E-state index contributed by atoms with van der Waals surface area (Å²) in [7, 11) is 0. The molecule has 3 rings (SSSR count). The maximum Gasteiger partial charge on any atom is 0.234 e. The number of benzene rings is 1. The summed E-state index contributed by atoms with van der Waals surface area (Å²) in [6, 6.07) is 11.8. The number of thioether (sulfide) groups is 1. The van der Waals surface area contributed by atoms with Crippen molar-refractivity contribution in [3.05, 3.63) is 67.0 Å². The first-order valence-electron chi connectivity index (χ1n) is 9.67. The maximum absolute atomic E-state index is 12.4. The lowest BCUT2D eigenvalue weighted by molar-refractivity contribution is -0.113. The van der Waals surface area contributed by atoms with Gasteiger partial charge in [-0.1, -0.05) is 43.3 Å². The zero-order valence-electron chi connectivity index (χ0n) is 16.5. The van der Waals surface area contributed by atoms with Gasteiger partial charge in [0.25, 0.3) is 0 Å². The van der Waals surface area contributed by atoms with Gasteiger partial charge in [0.15, 0.2) is 11.0 Å². The topological polar surface area (TPSA) is 72.7 Å². The molecule has 1 aromatic carbocycles. The largest absolute Gasteiger partial charge is 0.325 e. The molecule has 1 N–H and O–H groups in total. The Morgan fingerprint density at radius 1 is 1.24 bits per heavy atom. The standard InChI is InChI=1S/C22H25N5OS/c1-3-5-7-17-9-11-19(12-10-17)24-20(28)16-29-22-26-25-21(27(22)14-4-2)18-8-6-13-23-15-18/h4,6,8-13,15H,2-3,5,7,14,16H2,1H3,(H,24,28). The van der Waals surface area contributed by atoms with Gasteiger partial charge in [-0.25, -0.2) is 0 Å². The number of pyridine rings is 1. The molecule has 0 saturated carbocycles. The van der Waals surface area contributed by atoms with Crippen LogP contribution in [0.4, 0.5) is 5.69 Å². The zero-order chi connectivity index (χ0) is 20.5. The number of unbranched alkanes of at least 4 members (excludes halogenated alkanes) is 1. The molecular weight excluding hydrogens is 382 g/mol. The number of rotatable bonds is 10. The lowest BCUT2D eigenvalue weighted by atomic mass is 10.1. The number of hydrogen-bond acceptors (Lipinski definition) is 5. The van der Waals surface area contributed by atoms with Crippen LogP contribution in [0.1, 0.15) is 25.3 Å². The Hall–Kier alpha value is -2.93. The first-order chi connectivity index (χ1) is 14.2. The highest BCUT2D eigenvalue weighted by Gasteiger charge is 2.15. The Kier molecular flexibility index (Phi) is 7.58. The van der Waals surface area contributed by atoms with Gasteiger partial charge in [0.05, 0.1) is 5.75 Å². The van der Waals surface area contributed by atoms with Crippen molar-refractivity contribution in [3.8, 4) is 11.4 Å². The van der Waals surface area contributed by atoms with E-state index in [9.17, 15) is 4.79 Å². The van der Waals surface area contributed by atoms with Crippen LogP contribution in [0, 0.1) is 0 Å². The Bertz CT molecular complexity index is 938. The molecule has 3 aromatic rings. The summed E-state index contributed by atoms with van der Waals surface area (Å²) in [6.45, 7) is 6.55. The predicted octanol–water partition coefficient (Wildman–Crippen LogP) is 4.60. The first-order valence-corrected chi connectivity index (χ1v) is 10.7. The highest BCUT2D eigenvalue weighted by Crippen LogP contribution is 2.23. The molecule has 0 radical (unpaired) electrons. The number of aromatic nitrogens is 4. The third-order valence-corrected chi connectivity index (χ3v) is 5.30. The SMILES string of the molecule is C=CCn1c(SCC(=O)Nc2ccc(CCCC)cc2)nnc1-c1cccnc1. The molecule has 6 nitrogen and oxygen atoms in total. The molecule has 2 heterocycles. The van der Waals surface area contributed by atoms with E-state index in [0.29, 0.717) is 17.5 Å². The lowest BCUT2D eigenvalue weighted by Crippen LogP contribution is -2.14. The maximum atomic E-state index is 12.4. The van der Waals surface area contributed by atoms with Crippen molar-refractivity contribution in [1.29, 1.82) is 0 Å². The van der Waals surface area contributed by atoms with Crippen LogP contribution in [0.5, 0.6) is 0 Å². The molecule has 0 aliphatic carbocycles. The highest BCUT2D eigenvalue weighted by atomic mass is 32.2. The second kappa shape index (κ2) is 10.6. The summed E-state index contributed by atoms with van der Waals surface area (Å²) in [4.78, 5) is 16.5. The molecule has 2 aromatic heterocycles. The van der Waals surface area contributed by atoms with Gasteiger partial charge in [-0.15, -0.1) is 16.8 Å². The number of carbonyl (C=O) groups excluding carboxylic acids is 1. The van der Waals surface area contributed by atoms with Crippen molar-refractivity contribution in [3.63, 3.8) is 0 Å². The molecule has 7 heteroatoms. The Labute approximate surface area is 175 Å². The number of nitrogens with one attached hydrogen (secondary N) is 1. The van der Waals surface area contributed by atoms with Crippen LogP contribution in [-0.2, 0) is 17.8 Å². The van der Waals surface area contributed by atoms with E-state index >= 15 is 0 Å². The molecule has 0 saturated heterocycles. The van der Waals surface area contributed by atoms with Crippen molar-refractivity contribution >= 4 is 23.4 Å². The van der Waals surface area contributed by atoms with Crippen LogP contribution in [-0.4, -0.2) is 31.4 Å². The molecule has 0 spiro atoms. The number of aryl methyl sites for hydroxylation is 1. The van der Waals surface area contributed by atoms with Crippen molar-refractivity contribution in [2.75, 3.05) is 11.1 Å². The van der Waals surface area contributed by atoms with E-state index in [1.807, 2.05) is 28.8 Å². The van der Waals surface area contributed by atoms with Gasteiger partial charge in [0.2, 0.25) is 5.91 Å². The minimum absolute atomic E-state index is 0.0765. The van der Waals surface area contributed by atoms with E-state index in [4.69, 9.17) is 0 Å². The Morgan fingerprint density at radius 2 is 2.07 bits per heavy atom. The van der Waals surface area contributed by atoms with E-state index < -0.39 is 0 Å². The summed E-state index contributed by atoms with van der Waals surface area (Å²) in [5.74, 6) is 0.885. The number of carbonyl (C=O) groups is 1. The molecule has 0 atom stereocenters. The van der Waals surface area contributed by atoms with Crippen LogP contribution in [0.2, 0.25) is 0 Å². The minimum Gasteiger partial charge on any atom is -0.325 e. The Morgan fingerprint density at radius 3 is 2.76 bits per heavy atom. The monoisotopic (exact) mass is 407 g/mol. The molecule has 0 bridgehead atoms. The highest BCUT2D eigenvalue weighted by molar-refractivity contribution is 7.99. The predicted molar refractivity (Wildman–Crippen MR) is 118 cm³/mol. The van der Waals surface area contributed by atoms with Crippen molar-refractivity contribution in [2.45, 2.75) is 37.9 Å². The molecule has 29 heavy (non-hydrogen) atoms. The molecule has 0 unspecified atom stereocenters. The van der Waals surface area contributed by atoms with E-state index in [1.54, 1.807) is 18.5 Å². The van der Waals surface area contributed by atoms with Crippen LogP contribution >= 0.6 is 11.8 Å². The number of nitrogens with zero attached hydrogens (tertiary/aromatic N) is 4. The molecule has 1 amide bonds. The quantitative estimate of drug-likeness (QED) is 0.393. The van der Waals surface area contributed by atoms with Gasteiger partial charge in [-0.05, 0) is 42.7 Å². The summed E-state index contributed by atoms with van der Waals surface area (Å²) in [5, 5.41) is 12.1. The van der Waals surface area contributed by atoms with Gasteiger partial charge < -0.3 is 5.32 Å². The fraction of sp³-hybridized carbons (Fsp3) is 0.273. The molecule has 0 aliphatic heterocycles. The van der Waals surface area contributed by atoms with Crippen molar-refractivity contribution in [2.24, 2.45) is 0 Å². The molecule has 0 fully saturated rings. The van der Waals surface area contributed by atoms with Gasteiger partial charge in [-0.3, -0.25) is 14.3 Å². The van der Waals surface area contributed by atoms with Gasteiger partial charge in [0, 0.05) is 30.2 Å². The second-order valence-corrected chi connectivity index (χ2v) is 7.53. The lowest BCUT2D eigenvalue weighted by Gasteiger charge is -2.08. The summed E-state index contributed by atoms with van der Waals surface area (Å²) < 4.78 is 1.94. The number of allylic oxidation sites excluding steroid dienone is 1. The van der Waals surface area contributed by atoms with Crippen LogP contribution < -0.4 is 5.32 Å². The number of amides is 1. The van der Waals surface area contributed by atoms with Gasteiger partial charge in [0.1, 0.15) is 0 Å².